The van der Waals surface area contributed by atoms with E-state index in [4.69, 9.17) is 9.47 Å². The maximum atomic E-state index is 5.27. The van der Waals surface area contributed by atoms with Crippen LogP contribution in [-0.2, 0) is 9.47 Å². The topological polar surface area (TPSA) is 18.5 Å². The van der Waals surface area contributed by atoms with Gasteiger partial charge in [0.2, 0.25) is 0 Å². The van der Waals surface area contributed by atoms with Crippen molar-refractivity contribution >= 4 is 0 Å². The van der Waals surface area contributed by atoms with Gasteiger partial charge in [-0.15, -0.1) is 0 Å². The summed E-state index contributed by atoms with van der Waals surface area (Å²) in [6.45, 7) is 8.89. The molecule has 0 rings (SSSR count). The Bertz CT molecular complexity index is 64.9. The van der Waals surface area contributed by atoms with Crippen molar-refractivity contribution in [3.05, 3.63) is 0 Å². The van der Waals surface area contributed by atoms with Gasteiger partial charge in [0.05, 0.1) is 0 Å². The molecule has 12 heavy (non-hydrogen) atoms. The van der Waals surface area contributed by atoms with Crippen LogP contribution in [0.15, 0.2) is 0 Å². The molecule has 0 radical (unpaired) electrons. The number of hydrogen-bond acceptors (Lipinski definition) is 2. The van der Waals surface area contributed by atoms with E-state index in [1.54, 1.807) is 7.11 Å². The molecule has 0 aliphatic heterocycles. The smallest absolute Gasteiger partial charge is 0.157 e. The molecule has 0 bridgehead atoms. The fraction of sp³-hybridized carbons (Fsp3) is 1.00. The predicted molar refractivity (Wildman–Crippen MR) is 53.3 cm³/mol. The standard InChI is InChI=1S/C8H18O2.C2H6/c1-4-6-7-8(9-3)10-5-2;1-2/h8H,4-7H2,1-3H3;1-2H3. The zero-order valence-corrected chi connectivity index (χ0v) is 9.22. The summed E-state index contributed by atoms with van der Waals surface area (Å²) in [5, 5.41) is 0. The Labute approximate surface area is 77.3 Å². The lowest BCUT2D eigenvalue weighted by Gasteiger charge is -2.13. The molecule has 0 fully saturated rings. The van der Waals surface area contributed by atoms with Crippen molar-refractivity contribution in [2.45, 2.75) is 53.2 Å². The second-order valence-corrected chi connectivity index (χ2v) is 2.26. The predicted octanol–water partition coefficient (Wildman–Crippen LogP) is 3.21. The summed E-state index contributed by atoms with van der Waals surface area (Å²) in [6, 6.07) is 0. The SMILES string of the molecule is CC.CCCCC(OC)OCC. The average Bonchev–Trinajstić information content (AvgIpc) is 2.15. The summed E-state index contributed by atoms with van der Waals surface area (Å²) in [7, 11) is 1.69. The van der Waals surface area contributed by atoms with Crippen molar-refractivity contribution in [2.24, 2.45) is 0 Å². The first-order chi connectivity index (χ1) is 5.85. The van der Waals surface area contributed by atoms with Gasteiger partial charge in [0, 0.05) is 13.7 Å². The van der Waals surface area contributed by atoms with Crippen molar-refractivity contribution in [3.8, 4) is 0 Å². The normalized spacial score (nSPS) is 11.8. The molecule has 0 aliphatic rings. The van der Waals surface area contributed by atoms with E-state index < -0.39 is 0 Å². The highest BCUT2D eigenvalue weighted by Gasteiger charge is 2.03. The molecule has 0 amide bonds. The first-order valence-electron chi connectivity index (χ1n) is 4.99. The minimum absolute atomic E-state index is 0.0185. The van der Waals surface area contributed by atoms with Crippen LogP contribution in [0.1, 0.15) is 47.0 Å². The van der Waals surface area contributed by atoms with Gasteiger partial charge >= 0.3 is 0 Å². The summed E-state index contributed by atoms with van der Waals surface area (Å²) in [5.74, 6) is 0. The Kier molecular flexibility index (Phi) is 16.3. The number of ether oxygens (including phenoxy) is 2. The molecule has 0 N–H and O–H groups in total. The van der Waals surface area contributed by atoms with E-state index in [-0.39, 0.29) is 6.29 Å². The highest BCUT2D eigenvalue weighted by atomic mass is 16.7. The molecule has 0 aromatic heterocycles. The van der Waals surface area contributed by atoms with Crippen molar-refractivity contribution in [1.29, 1.82) is 0 Å². The van der Waals surface area contributed by atoms with Crippen LogP contribution in [0.25, 0.3) is 0 Å². The van der Waals surface area contributed by atoms with Crippen LogP contribution >= 0.6 is 0 Å². The Balaban J connectivity index is 0. The van der Waals surface area contributed by atoms with Crippen LogP contribution in [0.2, 0.25) is 0 Å². The molecule has 1 atom stereocenters. The molecule has 2 heteroatoms. The van der Waals surface area contributed by atoms with Gasteiger partial charge in [0.25, 0.3) is 0 Å². The largest absolute Gasteiger partial charge is 0.356 e. The van der Waals surface area contributed by atoms with Crippen molar-refractivity contribution < 1.29 is 9.47 Å². The fourth-order valence-corrected chi connectivity index (χ4v) is 0.826. The molecule has 1 unspecified atom stereocenters. The van der Waals surface area contributed by atoms with Crippen molar-refractivity contribution in [3.63, 3.8) is 0 Å². The summed E-state index contributed by atoms with van der Waals surface area (Å²) in [5.41, 5.74) is 0. The highest BCUT2D eigenvalue weighted by Crippen LogP contribution is 2.04. The lowest BCUT2D eigenvalue weighted by molar-refractivity contribution is -0.124. The van der Waals surface area contributed by atoms with Crippen LogP contribution in [0.5, 0.6) is 0 Å². The minimum Gasteiger partial charge on any atom is -0.356 e. The van der Waals surface area contributed by atoms with Crippen LogP contribution in [-0.4, -0.2) is 20.0 Å². The summed E-state index contributed by atoms with van der Waals surface area (Å²) in [4.78, 5) is 0. The first kappa shape index (κ1) is 14.4. The maximum Gasteiger partial charge on any atom is 0.157 e. The molecular formula is C10H24O2. The molecule has 0 saturated carbocycles. The lowest BCUT2D eigenvalue weighted by atomic mass is 10.2. The second kappa shape index (κ2) is 13.5. The van der Waals surface area contributed by atoms with E-state index in [1.165, 1.54) is 12.8 Å². The van der Waals surface area contributed by atoms with Crippen molar-refractivity contribution in [1.82, 2.24) is 0 Å². The average molecular weight is 176 g/mol. The highest BCUT2D eigenvalue weighted by molar-refractivity contribution is 4.43. The molecule has 0 aromatic rings. The summed E-state index contributed by atoms with van der Waals surface area (Å²) < 4.78 is 10.3. The molecule has 0 heterocycles. The number of rotatable bonds is 6. The molecule has 0 saturated heterocycles. The summed E-state index contributed by atoms with van der Waals surface area (Å²) >= 11 is 0. The van der Waals surface area contributed by atoms with Gasteiger partial charge in [-0.1, -0.05) is 27.2 Å². The van der Waals surface area contributed by atoms with Gasteiger partial charge in [-0.05, 0) is 19.8 Å². The Morgan fingerprint density at radius 2 is 1.75 bits per heavy atom. The first-order valence-corrected chi connectivity index (χ1v) is 4.99. The molecule has 76 valence electrons. The minimum atomic E-state index is 0.0185. The molecule has 0 spiro atoms. The van der Waals surface area contributed by atoms with E-state index in [9.17, 15) is 0 Å². The Hall–Kier alpha value is -0.0800. The molecule has 0 aromatic carbocycles. The number of hydrogen-bond donors (Lipinski definition) is 0. The van der Waals surface area contributed by atoms with Gasteiger partial charge < -0.3 is 9.47 Å². The Morgan fingerprint density at radius 3 is 2.08 bits per heavy atom. The van der Waals surface area contributed by atoms with Crippen LogP contribution < -0.4 is 0 Å². The quantitative estimate of drug-likeness (QED) is 0.578. The Morgan fingerprint density at radius 1 is 1.17 bits per heavy atom. The third-order valence-electron chi connectivity index (χ3n) is 1.41. The van der Waals surface area contributed by atoms with Gasteiger partial charge in [0.1, 0.15) is 0 Å². The monoisotopic (exact) mass is 176 g/mol. The van der Waals surface area contributed by atoms with Crippen LogP contribution in [0, 0.1) is 0 Å². The molecule has 0 aliphatic carbocycles. The van der Waals surface area contributed by atoms with Gasteiger partial charge in [0.15, 0.2) is 6.29 Å². The maximum absolute atomic E-state index is 5.27. The van der Waals surface area contributed by atoms with Gasteiger partial charge in [-0.2, -0.15) is 0 Å². The molecule has 2 nitrogen and oxygen atoms in total. The van der Waals surface area contributed by atoms with E-state index in [0.29, 0.717) is 0 Å². The van der Waals surface area contributed by atoms with Crippen LogP contribution in [0.4, 0.5) is 0 Å². The zero-order valence-electron chi connectivity index (χ0n) is 9.22. The van der Waals surface area contributed by atoms with Gasteiger partial charge in [-0.3, -0.25) is 0 Å². The van der Waals surface area contributed by atoms with Gasteiger partial charge in [-0.25, -0.2) is 0 Å². The van der Waals surface area contributed by atoms with E-state index in [1.807, 2.05) is 20.8 Å². The lowest BCUT2D eigenvalue weighted by Crippen LogP contribution is -2.14. The zero-order chi connectivity index (χ0) is 9.82. The summed E-state index contributed by atoms with van der Waals surface area (Å²) in [6.07, 6.45) is 3.41. The number of unbranched alkanes of at least 4 members (excludes halogenated alkanes) is 1. The third kappa shape index (κ3) is 9.92. The third-order valence-corrected chi connectivity index (χ3v) is 1.41. The fourth-order valence-electron chi connectivity index (χ4n) is 0.826. The van der Waals surface area contributed by atoms with E-state index >= 15 is 0 Å². The van der Waals surface area contributed by atoms with Crippen molar-refractivity contribution in [2.75, 3.05) is 13.7 Å². The number of methoxy groups -OCH3 is 1. The van der Waals surface area contributed by atoms with Crippen LogP contribution in [0.3, 0.4) is 0 Å². The second-order valence-electron chi connectivity index (χ2n) is 2.26. The van der Waals surface area contributed by atoms with E-state index in [2.05, 4.69) is 6.92 Å². The van der Waals surface area contributed by atoms with E-state index in [0.717, 1.165) is 13.0 Å². The molecular weight excluding hydrogens is 152 g/mol.